The number of urea groups is 1. The van der Waals surface area contributed by atoms with Gasteiger partial charge in [0, 0.05) is 18.8 Å². The van der Waals surface area contributed by atoms with E-state index in [9.17, 15) is 18.0 Å². The Morgan fingerprint density at radius 1 is 1.35 bits per heavy atom. The normalized spacial score (nSPS) is 12.8. The molecule has 0 aromatic carbocycles. The second-order valence-electron chi connectivity index (χ2n) is 3.88. The van der Waals surface area contributed by atoms with Crippen molar-refractivity contribution in [2.75, 3.05) is 18.6 Å². The van der Waals surface area contributed by atoms with Gasteiger partial charge in [0.05, 0.1) is 12.2 Å². The van der Waals surface area contributed by atoms with Gasteiger partial charge in [0.1, 0.15) is 9.84 Å². The average molecular weight is 266 g/mol. The van der Waals surface area contributed by atoms with Gasteiger partial charge < -0.3 is 15.7 Å². The molecule has 0 bridgehead atoms. The highest BCUT2D eigenvalue weighted by Gasteiger charge is 2.10. The number of sulfone groups is 1. The second-order valence-corrected chi connectivity index (χ2v) is 6.14. The number of rotatable bonds is 7. The van der Waals surface area contributed by atoms with Gasteiger partial charge in [0.15, 0.2) is 0 Å². The number of hydrogen-bond donors (Lipinski definition) is 3. The van der Waals surface area contributed by atoms with Crippen molar-refractivity contribution in [3.05, 3.63) is 0 Å². The first kappa shape index (κ1) is 15.7. The van der Waals surface area contributed by atoms with Gasteiger partial charge in [-0.2, -0.15) is 0 Å². The molecule has 8 heteroatoms. The van der Waals surface area contributed by atoms with Crippen molar-refractivity contribution < 1.29 is 23.1 Å². The van der Waals surface area contributed by atoms with E-state index in [4.69, 9.17) is 5.11 Å². The summed E-state index contributed by atoms with van der Waals surface area (Å²) in [4.78, 5) is 21.5. The predicted octanol–water partition coefficient (Wildman–Crippen LogP) is -0.416. The van der Waals surface area contributed by atoms with Crippen LogP contribution in [0.3, 0.4) is 0 Å². The third-order valence-electron chi connectivity index (χ3n) is 1.84. The minimum atomic E-state index is -3.01. The van der Waals surface area contributed by atoms with Crippen molar-refractivity contribution in [2.45, 2.75) is 25.8 Å². The zero-order valence-electron chi connectivity index (χ0n) is 9.89. The lowest BCUT2D eigenvalue weighted by Crippen LogP contribution is -2.42. The van der Waals surface area contributed by atoms with E-state index in [-0.39, 0.29) is 18.7 Å². The van der Waals surface area contributed by atoms with Crippen molar-refractivity contribution in [3.8, 4) is 0 Å². The molecule has 7 nitrogen and oxygen atoms in total. The Kier molecular flexibility index (Phi) is 6.55. The predicted molar refractivity (Wildman–Crippen MR) is 62.6 cm³/mol. The van der Waals surface area contributed by atoms with Crippen molar-refractivity contribution in [3.63, 3.8) is 0 Å². The van der Waals surface area contributed by atoms with Crippen molar-refractivity contribution in [1.29, 1.82) is 0 Å². The molecule has 0 saturated carbocycles. The molecule has 0 saturated heterocycles. The molecule has 1 atom stereocenters. The number of carbonyl (C=O) groups is 2. The van der Waals surface area contributed by atoms with Gasteiger partial charge in [-0.25, -0.2) is 13.2 Å². The quantitative estimate of drug-likeness (QED) is 0.542. The molecule has 0 radical (unpaired) electrons. The third kappa shape index (κ3) is 11.0. The highest BCUT2D eigenvalue weighted by Crippen LogP contribution is 1.90. The zero-order valence-corrected chi connectivity index (χ0v) is 10.7. The number of amides is 2. The molecule has 0 aliphatic rings. The Hall–Kier alpha value is -1.31. The van der Waals surface area contributed by atoms with Gasteiger partial charge in [-0.15, -0.1) is 0 Å². The summed E-state index contributed by atoms with van der Waals surface area (Å²) in [5.74, 6) is -0.979. The molecule has 0 spiro atoms. The van der Waals surface area contributed by atoms with E-state index in [0.29, 0.717) is 6.42 Å². The summed E-state index contributed by atoms with van der Waals surface area (Å²) < 4.78 is 21.6. The smallest absolute Gasteiger partial charge is 0.315 e. The molecule has 0 aromatic rings. The molecular formula is C9H18N2O5S. The van der Waals surface area contributed by atoms with Crippen molar-refractivity contribution in [1.82, 2.24) is 10.6 Å². The van der Waals surface area contributed by atoms with Crippen LogP contribution < -0.4 is 10.6 Å². The van der Waals surface area contributed by atoms with E-state index in [1.807, 2.05) is 0 Å². The standard InChI is InChI=1S/C9H18N2O5S/c1-7(6-8(12)13)11-9(14)10-4-3-5-17(2,15)16/h7H,3-6H2,1-2H3,(H,12,13)(H2,10,11,14). The van der Waals surface area contributed by atoms with Crippen LogP contribution >= 0.6 is 0 Å². The lowest BCUT2D eigenvalue weighted by atomic mass is 10.2. The van der Waals surface area contributed by atoms with Gasteiger partial charge >= 0.3 is 12.0 Å². The monoisotopic (exact) mass is 266 g/mol. The molecule has 17 heavy (non-hydrogen) atoms. The summed E-state index contributed by atoms with van der Waals surface area (Å²) in [6, 6.07) is -0.963. The Morgan fingerprint density at radius 3 is 2.41 bits per heavy atom. The minimum absolute atomic E-state index is 0.0119. The Bertz CT molecular complexity index is 366. The van der Waals surface area contributed by atoms with E-state index in [1.54, 1.807) is 6.92 Å². The molecule has 0 heterocycles. The van der Waals surface area contributed by atoms with Gasteiger partial charge in [0.2, 0.25) is 0 Å². The topological polar surface area (TPSA) is 113 Å². The number of aliphatic carboxylic acids is 1. The minimum Gasteiger partial charge on any atom is -0.481 e. The highest BCUT2D eigenvalue weighted by molar-refractivity contribution is 7.90. The van der Waals surface area contributed by atoms with Crippen LogP contribution in [0.1, 0.15) is 19.8 Å². The largest absolute Gasteiger partial charge is 0.481 e. The Labute approximate surface area is 101 Å². The zero-order chi connectivity index (χ0) is 13.5. The second kappa shape index (κ2) is 7.10. The molecule has 2 amide bonds. The van der Waals surface area contributed by atoms with Gasteiger partial charge in [-0.3, -0.25) is 4.79 Å². The lowest BCUT2D eigenvalue weighted by molar-refractivity contribution is -0.137. The fourth-order valence-electron chi connectivity index (χ4n) is 1.12. The number of carbonyl (C=O) groups excluding carboxylic acids is 1. The van der Waals surface area contributed by atoms with Crippen LogP contribution in [-0.2, 0) is 14.6 Å². The van der Waals surface area contributed by atoms with Gasteiger partial charge in [-0.05, 0) is 13.3 Å². The SMILES string of the molecule is CC(CC(=O)O)NC(=O)NCCCS(C)(=O)=O. The number of nitrogens with one attached hydrogen (secondary N) is 2. The molecule has 0 aliphatic heterocycles. The number of hydrogen-bond acceptors (Lipinski definition) is 4. The van der Waals surface area contributed by atoms with Crippen LogP contribution in [-0.4, -0.2) is 50.1 Å². The Balaban J connectivity index is 3.70. The van der Waals surface area contributed by atoms with E-state index in [1.165, 1.54) is 0 Å². The summed E-state index contributed by atoms with van der Waals surface area (Å²) in [6.45, 7) is 1.81. The summed E-state index contributed by atoms with van der Waals surface area (Å²) in [5, 5.41) is 13.3. The van der Waals surface area contributed by atoms with E-state index in [0.717, 1.165) is 6.26 Å². The van der Waals surface area contributed by atoms with Crippen LogP contribution in [0, 0.1) is 0 Å². The van der Waals surface area contributed by atoms with Crippen LogP contribution in [0.15, 0.2) is 0 Å². The van der Waals surface area contributed by atoms with Crippen molar-refractivity contribution >= 4 is 21.8 Å². The van der Waals surface area contributed by atoms with Gasteiger partial charge in [0.25, 0.3) is 0 Å². The number of carboxylic acids is 1. The van der Waals surface area contributed by atoms with Crippen LogP contribution in [0.25, 0.3) is 0 Å². The van der Waals surface area contributed by atoms with Crippen LogP contribution in [0.4, 0.5) is 4.79 Å². The van der Waals surface area contributed by atoms with E-state index >= 15 is 0 Å². The molecule has 100 valence electrons. The first-order valence-electron chi connectivity index (χ1n) is 5.14. The van der Waals surface area contributed by atoms with Crippen LogP contribution in [0.5, 0.6) is 0 Å². The number of carboxylic acid groups (broad SMARTS) is 1. The molecule has 0 rings (SSSR count). The van der Waals surface area contributed by atoms with E-state index in [2.05, 4.69) is 10.6 Å². The fourth-order valence-corrected chi connectivity index (χ4v) is 1.79. The molecule has 0 fully saturated rings. The van der Waals surface area contributed by atoms with Gasteiger partial charge in [-0.1, -0.05) is 0 Å². The molecule has 3 N–H and O–H groups in total. The highest BCUT2D eigenvalue weighted by atomic mass is 32.2. The maximum atomic E-state index is 11.2. The maximum Gasteiger partial charge on any atom is 0.315 e. The average Bonchev–Trinajstić information content (AvgIpc) is 2.09. The summed E-state index contributed by atoms with van der Waals surface area (Å²) in [5.41, 5.74) is 0. The summed E-state index contributed by atoms with van der Waals surface area (Å²) in [7, 11) is -3.01. The first-order chi connectivity index (χ1) is 7.70. The first-order valence-corrected chi connectivity index (χ1v) is 7.20. The van der Waals surface area contributed by atoms with Crippen LogP contribution in [0.2, 0.25) is 0 Å². The summed E-state index contributed by atoms with van der Waals surface area (Å²) in [6.07, 6.45) is 1.30. The molecule has 0 aliphatic carbocycles. The molecule has 1 unspecified atom stereocenters. The lowest BCUT2D eigenvalue weighted by Gasteiger charge is -2.12. The molecular weight excluding hydrogens is 248 g/mol. The Morgan fingerprint density at radius 2 is 1.94 bits per heavy atom. The van der Waals surface area contributed by atoms with Crippen molar-refractivity contribution in [2.24, 2.45) is 0 Å². The summed E-state index contributed by atoms with van der Waals surface area (Å²) >= 11 is 0. The molecule has 0 aromatic heterocycles. The third-order valence-corrected chi connectivity index (χ3v) is 2.87. The van der Waals surface area contributed by atoms with E-state index < -0.39 is 27.9 Å². The maximum absolute atomic E-state index is 11.2. The fraction of sp³-hybridized carbons (Fsp3) is 0.778.